The summed E-state index contributed by atoms with van der Waals surface area (Å²) in [6.45, 7) is 3.37. The van der Waals surface area contributed by atoms with Gasteiger partial charge in [0.2, 0.25) is 5.91 Å². The van der Waals surface area contributed by atoms with Crippen molar-refractivity contribution in [3.05, 3.63) is 0 Å². The maximum Gasteiger partial charge on any atom is 0.223 e. The maximum absolute atomic E-state index is 11.3. The Morgan fingerprint density at radius 3 is 2.75 bits per heavy atom. The molecule has 0 spiro atoms. The number of carbonyl (C=O) groups is 1. The van der Waals surface area contributed by atoms with Crippen LogP contribution in [0, 0.1) is 12.3 Å². The van der Waals surface area contributed by atoms with E-state index in [-0.39, 0.29) is 5.91 Å². The molecule has 1 amide bonds. The number of nitrogens with two attached hydrogens (primary N) is 1. The molecule has 0 aromatic heterocycles. The molecule has 0 aliphatic rings. The van der Waals surface area contributed by atoms with Gasteiger partial charge < -0.3 is 10.6 Å². The lowest BCUT2D eigenvalue weighted by Gasteiger charge is -2.18. The fourth-order valence-corrected chi connectivity index (χ4v) is 0.930. The molecule has 0 saturated heterocycles. The largest absolute Gasteiger partial charge is 0.330 e. The van der Waals surface area contributed by atoms with Crippen LogP contribution in [0.3, 0.4) is 0 Å². The Morgan fingerprint density at radius 2 is 2.33 bits per heavy atom. The number of hydrogen-bond donors (Lipinski definition) is 1. The van der Waals surface area contributed by atoms with E-state index < -0.39 is 0 Å². The number of terminal acetylenes is 1. The monoisotopic (exact) mass is 168 g/mol. The number of rotatable bonds is 5. The Balaban J connectivity index is 3.92. The predicted octanol–water partition coefficient (Wildman–Crippen LogP) is 0.207. The highest BCUT2D eigenvalue weighted by atomic mass is 16.2. The van der Waals surface area contributed by atoms with Crippen molar-refractivity contribution < 1.29 is 4.79 Å². The van der Waals surface area contributed by atoms with Gasteiger partial charge in [-0.25, -0.2) is 0 Å². The van der Waals surface area contributed by atoms with Crippen LogP contribution in [-0.2, 0) is 4.79 Å². The van der Waals surface area contributed by atoms with Gasteiger partial charge >= 0.3 is 0 Å². The Hall–Kier alpha value is -1.01. The van der Waals surface area contributed by atoms with Crippen molar-refractivity contribution >= 4 is 5.91 Å². The van der Waals surface area contributed by atoms with E-state index in [1.807, 2.05) is 6.92 Å². The van der Waals surface area contributed by atoms with Gasteiger partial charge in [0.05, 0.1) is 6.54 Å². The molecule has 0 rings (SSSR count). The summed E-state index contributed by atoms with van der Waals surface area (Å²) >= 11 is 0. The minimum absolute atomic E-state index is 0.0981. The molecule has 0 unspecified atom stereocenters. The van der Waals surface area contributed by atoms with Gasteiger partial charge in [0.1, 0.15) is 0 Å². The summed E-state index contributed by atoms with van der Waals surface area (Å²) in [4.78, 5) is 12.9. The average molecular weight is 168 g/mol. The second kappa shape index (κ2) is 6.68. The van der Waals surface area contributed by atoms with E-state index in [1.165, 1.54) is 0 Å². The first-order chi connectivity index (χ1) is 5.76. The van der Waals surface area contributed by atoms with Crippen molar-refractivity contribution in [3.63, 3.8) is 0 Å². The molecule has 0 saturated carbocycles. The fraction of sp³-hybridized carbons (Fsp3) is 0.667. The second-order valence-electron chi connectivity index (χ2n) is 2.56. The first kappa shape index (κ1) is 11.0. The lowest BCUT2D eigenvalue weighted by atomic mass is 10.3. The molecular formula is C9H16N2O. The minimum Gasteiger partial charge on any atom is -0.330 e. The lowest BCUT2D eigenvalue weighted by Crippen LogP contribution is -2.35. The molecule has 0 radical (unpaired) electrons. The second-order valence-corrected chi connectivity index (χ2v) is 2.56. The fourth-order valence-electron chi connectivity index (χ4n) is 0.930. The topological polar surface area (TPSA) is 46.3 Å². The summed E-state index contributed by atoms with van der Waals surface area (Å²) in [5, 5.41) is 0. The SMILES string of the molecule is C#CCN(CCN)C(=O)CCC. The highest BCUT2D eigenvalue weighted by Gasteiger charge is 2.08. The molecule has 0 aliphatic heterocycles. The Morgan fingerprint density at radius 1 is 1.67 bits per heavy atom. The molecule has 0 aromatic rings. The van der Waals surface area contributed by atoms with Gasteiger partial charge in [-0.15, -0.1) is 6.42 Å². The normalized spacial score (nSPS) is 9.08. The van der Waals surface area contributed by atoms with Crippen LogP contribution in [-0.4, -0.2) is 30.4 Å². The van der Waals surface area contributed by atoms with Crippen molar-refractivity contribution in [3.8, 4) is 12.3 Å². The third-order valence-corrected chi connectivity index (χ3v) is 1.50. The van der Waals surface area contributed by atoms with E-state index in [0.29, 0.717) is 26.1 Å². The number of amides is 1. The molecular weight excluding hydrogens is 152 g/mol. The van der Waals surface area contributed by atoms with Crippen molar-refractivity contribution in [1.82, 2.24) is 4.90 Å². The summed E-state index contributed by atoms with van der Waals surface area (Å²) in [6.07, 6.45) is 6.52. The zero-order chi connectivity index (χ0) is 9.40. The van der Waals surface area contributed by atoms with Crippen LogP contribution in [0.15, 0.2) is 0 Å². The van der Waals surface area contributed by atoms with Crippen molar-refractivity contribution in [2.24, 2.45) is 5.73 Å². The predicted molar refractivity (Wildman–Crippen MR) is 49.4 cm³/mol. The van der Waals surface area contributed by atoms with E-state index in [0.717, 1.165) is 6.42 Å². The molecule has 0 aliphatic carbocycles. The quantitative estimate of drug-likeness (QED) is 0.596. The third kappa shape index (κ3) is 3.99. The van der Waals surface area contributed by atoms with Crippen LogP contribution in [0.2, 0.25) is 0 Å². The van der Waals surface area contributed by atoms with Crippen LogP contribution in [0.1, 0.15) is 19.8 Å². The number of hydrogen-bond acceptors (Lipinski definition) is 2. The third-order valence-electron chi connectivity index (χ3n) is 1.50. The summed E-state index contributed by atoms with van der Waals surface area (Å²) < 4.78 is 0. The standard InChI is InChI=1S/C9H16N2O/c1-3-5-9(12)11(7-4-2)8-6-10/h2H,3,5-8,10H2,1H3. The molecule has 0 atom stereocenters. The summed E-state index contributed by atoms with van der Waals surface area (Å²) in [5.74, 6) is 2.54. The van der Waals surface area contributed by atoms with Gasteiger partial charge in [0, 0.05) is 19.5 Å². The highest BCUT2D eigenvalue weighted by Crippen LogP contribution is 1.95. The summed E-state index contributed by atoms with van der Waals surface area (Å²) in [7, 11) is 0. The first-order valence-electron chi connectivity index (χ1n) is 4.17. The lowest BCUT2D eigenvalue weighted by molar-refractivity contribution is -0.130. The Bertz CT molecular complexity index is 172. The van der Waals surface area contributed by atoms with Crippen molar-refractivity contribution in [2.45, 2.75) is 19.8 Å². The molecule has 0 heterocycles. The van der Waals surface area contributed by atoms with Crippen LogP contribution >= 0.6 is 0 Å². The molecule has 0 bridgehead atoms. The van der Waals surface area contributed by atoms with E-state index >= 15 is 0 Å². The maximum atomic E-state index is 11.3. The average Bonchev–Trinajstić information content (AvgIpc) is 2.04. The van der Waals surface area contributed by atoms with Crippen LogP contribution in [0.4, 0.5) is 0 Å². The van der Waals surface area contributed by atoms with E-state index in [9.17, 15) is 4.79 Å². The molecule has 0 fully saturated rings. The molecule has 2 N–H and O–H groups in total. The number of nitrogens with zero attached hydrogens (tertiary/aromatic N) is 1. The molecule has 68 valence electrons. The summed E-state index contributed by atoms with van der Waals surface area (Å²) in [6, 6.07) is 0. The van der Waals surface area contributed by atoms with Gasteiger partial charge in [-0.05, 0) is 6.42 Å². The molecule has 3 heteroatoms. The van der Waals surface area contributed by atoms with Crippen LogP contribution < -0.4 is 5.73 Å². The highest BCUT2D eigenvalue weighted by molar-refractivity contribution is 5.76. The van der Waals surface area contributed by atoms with Gasteiger partial charge in [-0.2, -0.15) is 0 Å². The smallest absolute Gasteiger partial charge is 0.223 e. The van der Waals surface area contributed by atoms with E-state index in [1.54, 1.807) is 4.90 Å². The molecule has 12 heavy (non-hydrogen) atoms. The van der Waals surface area contributed by atoms with Gasteiger partial charge in [-0.3, -0.25) is 4.79 Å². The van der Waals surface area contributed by atoms with Crippen molar-refractivity contribution in [2.75, 3.05) is 19.6 Å². The number of carbonyl (C=O) groups excluding carboxylic acids is 1. The van der Waals surface area contributed by atoms with Gasteiger partial charge in [-0.1, -0.05) is 12.8 Å². The zero-order valence-corrected chi connectivity index (χ0v) is 7.55. The first-order valence-corrected chi connectivity index (χ1v) is 4.17. The zero-order valence-electron chi connectivity index (χ0n) is 7.55. The van der Waals surface area contributed by atoms with Crippen molar-refractivity contribution in [1.29, 1.82) is 0 Å². The Kier molecular flexibility index (Phi) is 6.12. The Labute approximate surface area is 73.9 Å². The van der Waals surface area contributed by atoms with Crippen LogP contribution in [0.5, 0.6) is 0 Å². The summed E-state index contributed by atoms with van der Waals surface area (Å²) in [5.41, 5.74) is 5.33. The minimum atomic E-state index is 0.0981. The van der Waals surface area contributed by atoms with E-state index in [2.05, 4.69) is 5.92 Å². The molecule has 0 aromatic carbocycles. The van der Waals surface area contributed by atoms with Gasteiger partial charge in [0.15, 0.2) is 0 Å². The van der Waals surface area contributed by atoms with Gasteiger partial charge in [0.25, 0.3) is 0 Å². The van der Waals surface area contributed by atoms with Crippen LogP contribution in [0.25, 0.3) is 0 Å². The van der Waals surface area contributed by atoms with E-state index in [4.69, 9.17) is 12.2 Å². The molecule has 3 nitrogen and oxygen atoms in total.